The van der Waals surface area contributed by atoms with Crippen LogP contribution in [-0.2, 0) is 0 Å². The van der Waals surface area contributed by atoms with E-state index >= 15 is 0 Å². The molecule has 118 valence electrons. The van der Waals surface area contributed by atoms with Gasteiger partial charge >= 0.3 is 0 Å². The minimum Gasteiger partial charge on any atom is -0.432 e. The molecule has 0 N–H and O–H groups in total. The molecule has 0 aliphatic carbocycles. The normalized spacial score (nSPS) is 13.4. The number of ether oxygens (including phenoxy) is 1. The Morgan fingerprint density at radius 2 is 1.71 bits per heavy atom. The highest BCUT2D eigenvalue weighted by Crippen LogP contribution is 2.29. The first kappa shape index (κ1) is 14.9. The lowest BCUT2D eigenvalue weighted by atomic mass is 10.0. The van der Waals surface area contributed by atoms with E-state index in [4.69, 9.17) is 17.0 Å². The number of hydrogen-bond acceptors (Lipinski definition) is 2. The molecule has 0 spiro atoms. The molecule has 3 aromatic carbocycles. The summed E-state index contributed by atoms with van der Waals surface area (Å²) in [4.78, 5) is 2.05. The molecule has 4 rings (SSSR count). The lowest BCUT2D eigenvalue weighted by Crippen LogP contribution is -2.36. The summed E-state index contributed by atoms with van der Waals surface area (Å²) in [6.45, 7) is 2.87. The van der Waals surface area contributed by atoms with Gasteiger partial charge in [-0.25, -0.2) is 0 Å². The van der Waals surface area contributed by atoms with Gasteiger partial charge in [0.1, 0.15) is 5.75 Å². The van der Waals surface area contributed by atoms with Crippen LogP contribution in [0.25, 0.3) is 16.8 Å². The van der Waals surface area contributed by atoms with E-state index in [0.717, 1.165) is 23.4 Å². The van der Waals surface area contributed by atoms with E-state index in [2.05, 4.69) is 48.2 Å². The third-order valence-corrected chi connectivity index (χ3v) is 4.49. The Hall–Kier alpha value is -2.65. The van der Waals surface area contributed by atoms with Gasteiger partial charge in [-0.3, -0.25) is 4.90 Å². The molecule has 0 bridgehead atoms. The van der Waals surface area contributed by atoms with E-state index in [-0.39, 0.29) is 0 Å². The zero-order chi connectivity index (χ0) is 16.5. The van der Waals surface area contributed by atoms with Crippen molar-refractivity contribution in [3.63, 3.8) is 0 Å². The van der Waals surface area contributed by atoms with Gasteiger partial charge in [-0.2, -0.15) is 0 Å². The van der Waals surface area contributed by atoms with Gasteiger partial charge in [0.2, 0.25) is 0 Å². The molecule has 0 unspecified atom stereocenters. The molecule has 0 atom stereocenters. The third-order valence-electron chi connectivity index (χ3n) is 4.18. The predicted octanol–water partition coefficient (Wildman–Crippen LogP) is 5.43. The highest BCUT2D eigenvalue weighted by molar-refractivity contribution is 7.80. The molecule has 2 nitrogen and oxygen atoms in total. The fourth-order valence-electron chi connectivity index (χ4n) is 3.05. The van der Waals surface area contributed by atoms with Crippen molar-refractivity contribution in [2.75, 3.05) is 11.4 Å². The molecule has 0 saturated carbocycles. The van der Waals surface area contributed by atoms with E-state index in [9.17, 15) is 0 Å². The van der Waals surface area contributed by atoms with Gasteiger partial charge in [-0.05, 0) is 53.7 Å². The Kier molecular flexibility index (Phi) is 3.79. The van der Waals surface area contributed by atoms with Crippen LogP contribution in [0.1, 0.15) is 12.5 Å². The number of thiocarbonyl (C=S) groups is 1. The van der Waals surface area contributed by atoms with Crippen LogP contribution in [0.15, 0.2) is 72.3 Å². The molecule has 3 heteroatoms. The monoisotopic (exact) mass is 331 g/mol. The van der Waals surface area contributed by atoms with Crippen molar-refractivity contribution in [3.05, 3.63) is 77.9 Å². The van der Waals surface area contributed by atoms with Gasteiger partial charge in [0.05, 0.1) is 5.69 Å². The lowest BCUT2D eigenvalue weighted by molar-refractivity contribution is 0.549. The Bertz CT molecular complexity index is 961. The van der Waals surface area contributed by atoms with Crippen LogP contribution in [0.2, 0.25) is 0 Å². The first-order valence-corrected chi connectivity index (χ1v) is 8.36. The number of benzene rings is 3. The van der Waals surface area contributed by atoms with E-state index in [0.29, 0.717) is 5.17 Å². The van der Waals surface area contributed by atoms with Gasteiger partial charge in [0.15, 0.2) is 0 Å². The summed E-state index contributed by atoms with van der Waals surface area (Å²) in [5.41, 5.74) is 3.53. The highest BCUT2D eigenvalue weighted by atomic mass is 32.1. The molecule has 3 aromatic rings. The van der Waals surface area contributed by atoms with E-state index in [1.807, 2.05) is 36.4 Å². The van der Waals surface area contributed by atoms with Gasteiger partial charge < -0.3 is 4.74 Å². The van der Waals surface area contributed by atoms with E-state index < -0.39 is 0 Å². The smallest absolute Gasteiger partial charge is 0.269 e. The first-order valence-electron chi connectivity index (χ1n) is 7.95. The van der Waals surface area contributed by atoms with Crippen LogP contribution in [0.5, 0.6) is 5.75 Å². The fourth-order valence-corrected chi connectivity index (χ4v) is 3.31. The maximum absolute atomic E-state index is 6.00. The number of anilines is 1. The average molecular weight is 331 g/mol. The molecule has 0 saturated heterocycles. The average Bonchev–Trinajstić information content (AvgIpc) is 2.60. The molecule has 24 heavy (non-hydrogen) atoms. The minimum absolute atomic E-state index is 0.477. The lowest BCUT2D eigenvalue weighted by Gasteiger charge is -2.30. The van der Waals surface area contributed by atoms with Crippen molar-refractivity contribution in [3.8, 4) is 5.75 Å². The maximum atomic E-state index is 6.00. The topological polar surface area (TPSA) is 12.5 Å². The summed E-state index contributed by atoms with van der Waals surface area (Å²) >= 11 is 5.58. The van der Waals surface area contributed by atoms with Crippen LogP contribution < -0.4 is 9.64 Å². The van der Waals surface area contributed by atoms with Crippen molar-refractivity contribution < 1.29 is 4.74 Å². The van der Waals surface area contributed by atoms with Gasteiger partial charge in [0, 0.05) is 6.54 Å². The third kappa shape index (κ3) is 2.79. The summed E-state index contributed by atoms with van der Waals surface area (Å²) < 4.78 is 6.00. The maximum Gasteiger partial charge on any atom is 0.269 e. The Labute approximate surface area is 147 Å². The van der Waals surface area contributed by atoms with Gasteiger partial charge in [0.25, 0.3) is 5.17 Å². The second-order valence-corrected chi connectivity index (χ2v) is 6.36. The summed E-state index contributed by atoms with van der Waals surface area (Å²) in [5.74, 6) is 0.767. The number of rotatable bonds is 1. The van der Waals surface area contributed by atoms with Crippen molar-refractivity contribution in [2.45, 2.75) is 6.92 Å². The molecular formula is C21H17NOS. The number of fused-ring (bicyclic) bond motifs is 2. The van der Waals surface area contributed by atoms with Gasteiger partial charge in [-0.1, -0.05) is 60.2 Å². The zero-order valence-electron chi connectivity index (χ0n) is 13.4. The van der Waals surface area contributed by atoms with Crippen LogP contribution >= 0.6 is 12.2 Å². The molecular weight excluding hydrogens is 314 g/mol. The number of nitrogens with zero attached hydrogens (tertiary/aromatic N) is 1. The first-order chi connectivity index (χ1) is 11.7. The number of hydrogen-bond donors (Lipinski definition) is 0. The molecule has 0 aromatic heterocycles. The second-order valence-electron chi connectivity index (χ2n) is 6.01. The van der Waals surface area contributed by atoms with Crippen molar-refractivity contribution in [1.82, 2.24) is 0 Å². The summed E-state index contributed by atoms with van der Waals surface area (Å²) in [6.07, 6.45) is 2.20. The van der Waals surface area contributed by atoms with Crippen molar-refractivity contribution in [2.24, 2.45) is 0 Å². The van der Waals surface area contributed by atoms with Crippen LogP contribution in [0, 0.1) is 0 Å². The van der Waals surface area contributed by atoms with E-state index in [1.54, 1.807) is 0 Å². The Balaban J connectivity index is 1.63. The van der Waals surface area contributed by atoms with Crippen LogP contribution in [-0.4, -0.2) is 11.7 Å². The van der Waals surface area contributed by atoms with Gasteiger partial charge in [-0.15, -0.1) is 0 Å². The summed E-state index contributed by atoms with van der Waals surface area (Å²) in [5, 5.41) is 2.82. The Morgan fingerprint density at radius 3 is 2.58 bits per heavy atom. The van der Waals surface area contributed by atoms with Crippen LogP contribution in [0.4, 0.5) is 5.69 Å². The van der Waals surface area contributed by atoms with E-state index in [1.165, 1.54) is 16.5 Å². The molecule has 1 heterocycles. The van der Waals surface area contributed by atoms with Crippen LogP contribution in [0.3, 0.4) is 0 Å². The standard InChI is InChI=1S/C21H17NOS/c1-15-12-18-8-4-5-9-20(18)22(14-15)21(24)23-19-11-10-16-6-2-3-7-17(16)13-19/h2-13H,14H2,1H3. The highest BCUT2D eigenvalue weighted by Gasteiger charge is 2.20. The number of para-hydroxylation sites is 1. The Morgan fingerprint density at radius 1 is 0.958 bits per heavy atom. The summed E-state index contributed by atoms with van der Waals surface area (Å²) in [6, 6.07) is 22.5. The molecule has 0 fully saturated rings. The molecule has 1 aliphatic rings. The summed E-state index contributed by atoms with van der Waals surface area (Å²) in [7, 11) is 0. The van der Waals surface area contributed by atoms with Crippen molar-refractivity contribution >= 4 is 39.9 Å². The molecule has 0 radical (unpaired) electrons. The predicted molar refractivity (Wildman–Crippen MR) is 105 cm³/mol. The zero-order valence-corrected chi connectivity index (χ0v) is 14.2. The SMILES string of the molecule is CC1=Cc2ccccc2N(C(=S)Oc2ccc3ccccc3c2)C1. The second kappa shape index (κ2) is 6.10. The minimum atomic E-state index is 0.477. The largest absolute Gasteiger partial charge is 0.432 e. The molecule has 0 amide bonds. The molecule has 1 aliphatic heterocycles. The fraction of sp³-hybridized carbons (Fsp3) is 0.0952. The van der Waals surface area contributed by atoms with Crippen molar-refractivity contribution in [1.29, 1.82) is 0 Å². The quantitative estimate of drug-likeness (QED) is 0.552.